The number of nitrogens with zero attached hydrogens (tertiary/aromatic N) is 2. The molecule has 4 bridgehead atoms. The van der Waals surface area contributed by atoms with Crippen LogP contribution in [0.3, 0.4) is 0 Å². The lowest BCUT2D eigenvalue weighted by Crippen LogP contribution is -2.43. The smallest absolute Gasteiger partial charge is 0.289 e. The molecule has 6 aromatic carbocycles. The molecule has 7 aromatic rings. The van der Waals surface area contributed by atoms with Gasteiger partial charge in [0.25, 0.3) is 5.82 Å². The molecular weight excluding hydrogens is 796 g/mol. The number of fused-ring (bicyclic) bond motifs is 6. The number of pyridine rings is 1. The zero-order valence-corrected chi connectivity index (χ0v) is 37.6. The molecule has 2 aliphatic carbocycles. The van der Waals surface area contributed by atoms with Gasteiger partial charge in [-0.2, -0.15) is 4.90 Å². The number of anilines is 7. The van der Waals surface area contributed by atoms with Crippen molar-refractivity contribution < 1.29 is 4.34 Å². The summed E-state index contributed by atoms with van der Waals surface area (Å²) < 4.78 is 2.64. The van der Waals surface area contributed by atoms with Crippen molar-refractivity contribution in [2.75, 3.05) is 15.5 Å². The first-order valence-corrected chi connectivity index (χ1v) is 23.9. The van der Waals surface area contributed by atoms with E-state index < -0.39 is 8.07 Å². The summed E-state index contributed by atoms with van der Waals surface area (Å²) in [4.78, 5) is 2.48. The van der Waals surface area contributed by atoms with E-state index in [1.807, 2.05) is 0 Å². The van der Waals surface area contributed by atoms with E-state index in [4.69, 9.17) is 0 Å². The summed E-state index contributed by atoms with van der Waals surface area (Å²) >= 11 is 0. The molecule has 1 saturated carbocycles. The lowest BCUT2D eigenvalue weighted by molar-refractivity contribution is -0.495. The molecule has 3 heterocycles. The van der Waals surface area contributed by atoms with Crippen molar-refractivity contribution in [1.29, 1.82) is 0 Å². The van der Waals surface area contributed by atoms with Gasteiger partial charge in [0.1, 0.15) is 19.4 Å². The predicted molar refractivity (Wildman–Crippen MR) is 271 cm³/mol. The van der Waals surface area contributed by atoms with Crippen LogP contribution < -0.4 is 25.2 Å². The Bertz CT molecular complexity index is 3040. The minimum atomic E-state index is -1.20. The summed E-state index contributed by atoms with van der Waals surface area (Å²) in [6.07, 6.45) is 16.6. The lowest BCUT2D eigenvalue weighted by atomic mass is 9.79. The van der Waals surface area contributed by atoms with Gasteiger partial charge in [0, 0.05) is 56.7 Å². The number of hydrogen-bond acceptors (Lipinski definition) is 3. The second kappa shape index (κ2) is 16.3. The molecule has 11 rings (SSSR count). The van der Waals surface area contributed by atoms with E-state index in [-0.39, 0.29) is 17.0 Å². The molecule has 0 amide bonds. The normalized spacial score (nSPS) is 18.4. The van der Waals surface area contributed by atoms with Crippen LogP contribution in [0.2, 0.25) is 0 Å². The van der Waals surface area contributed by atoms with Crippen molar-refractivity contribution in [2.45, 2.75) is 45.2 Å². The Morgan fingerprint density at radius 2 is 1.30 bits per heavy atom. The summed E-state index contributed by atoms with van der Waals surface area (Å²) in [6, 6.07) is 59.6. The van der Waals surface area contributed by atoms with Crippen molar-refractivity contribution in [3.8, 4) is 0 Å². The molecular formula is C59H52N4P+. The first-order valence-electron chi connectivity index (χ1n) is 22.5. The van der Waals surface area contributed by atoms with Crippen molar-refractivity contribution >= 4 is 65.0 Å². The third-order valence-corrected chi connectivity index (χ3v) is 15.6. The third kappa shape index (κ3) is 7.13. The van der Waals surface area contributed by atoms with Gasteiger partial charge in [-0.05, 0) is 107 Å². The van der Waals surface area contributed by atoms with Gasteiger partial charge in [-0.15, -0.1) is 0 Å². The number of para-hydroxylation sites is 3. The van der Waals surface area contributed by atoms with Crippen molar-refractivity contribution in [2.24, 2.45) is 5.41 Å². The van der Waals surface area contributed by atoms with Gasteiger partial charge in [-0.1, -0.05) is 160 Å². The molecule has 4 aliphatic rings. The van der Waals surface area contributed by atoms with Crippen molar-refractivity contribution in [3.05, 3.63) is 245 Å². The average molecular weight is 848 g/mol. The minimum Gasteiger partial charge on any atom is -0.355 e. The zero-order valence-electron chi connectivity index (χ0n) is 36.7. The van der Waals surface area contributed by atoms with Gasteiger partial charge in [0.05, 0.1) is 11.9 Å². The van der Waals surface area contributed by atoms with E-state index in [1.165, 1.54) is 49.9 Å². The Balaban J connectivity index is 1.34. The summed E-state index contributed by atoms with van der Waals surface area (Å²) in [7, 11) is -1.20. The number of nitrogens with one attached hydrogen (secondary N) is 2. The van der Waals surface area contributed by atoms with Gasteiger partial charge in [0.15, 0.2) is 0 Å². The standard InChI is InChI=1S/C59H52N4P/c1-5-48-52-36-35-50(60-44-22-12-7-13-23-44)56(48)55(41-29-30-41)57-51(61-45-24-14-8-15-25-45)34-33-49-54(40-20-10-6-11-21-40)42-38-43(59(2,3)4)31-32-47(39-42)64(58(49)57)62-37-19-18-28-53(62)63(52)46-26-16-9-17-27-46/h5-28,31-39,47,54,60-61H,1,29-30H2,2-4H3/q+1. The van der Waals surface area contributed by atoms with Crippen LogP contribution in [0.25, 0.3) is 11.6 Å². The van der Waals surface area contributed by atoms with Crippen molar-refractivity contribution in [3.63, 3.8) is 0 Å². The van der Waals surface area contributed by atoms with Crippen LogP contribution in [0.5, 0.6) is 0 Å². The molecule has 0 radical (unpaired) electrons. The van der Waals surface area contributed by atoms with E-state index in [1.54, 1.807) is 0 Å². The predicted octanol–water partition coefficient (Wildman–Crippen LogP) is 15.0. The summed E-state index contributed by atoms with van der Waals surface area (Å²) in [6.45, 7) is 11.7. The molecule has 0 spiro atoms. The molecule has 1 fully saturated rings. The Kier molecular flexibility index (Phi) is 10.1. The molecule has 5 heteroatoms. The second-order valence-electron chi connectivity index (χ2n) is 18.1. The maximum Gasteiger partial charge on any atom is 0.289 e. The Morgan fingerprint density at radius 1 is 0.688 bits per heavy atom. The fraction of sp³-hybridized carbons (Fsp3) is 0.136. The first kappa shape index (κ1) is 39.8. The molecule has 1 aromatic heterocycles. The second-order valence-corrected chi connectivity index (χ2v) is 20.3. The van der Waals surface area contributed by atoms with E-state index in [9.17, 15) is 0 Å². The van der Waals surface area contributed by atoms with Crippen LogP contribution in [0, 0.1) is 5.41 Å². The lowest BCUT2D eigenvalue weighted by Gasteiger charge is -2.34. The summed E-state index contributed by atoms with van der Waals surface area (Å²) in [5.74, 6) is 1.10. The van der Waals surface area contributed by atoms with E-state index in [2.05, 4.69) is 248 Å². The molecule has 2 aliphatic heterocycles. The monoisotopic (exact) mass is 847 g/mol. The highest BCUT2D eigenvalue weighted by Gasteiger charge is 2.45. The van der Waals surface area contributed by atoms with Gasteiger partial charge >= 0.3 is 0 Å². The highest BCUT2D eigenvalue weighted by Crippen LogP contribution is 2.57. The highest BCUT2D eigenvalue weighted by atomic mass is 31.1. The average Bonchev–Trinajstić information content (AvgIpc) is 4.19. The third-order valence-electron chi connectivity index (χ3n) is 12.9. The van der Waals surface area contributed by atoms with E-state index in [0.717, 1.165) is 58.3 Å². The topological polar surface area (TPSA) is 31.2 Å². The zero-order chi connectivity index (χ0) is 43.4. The fourth-order valence-electron chi connectivity index (χ4n) is 9.86. The number of hydrogen-bond donors (Lipinski definition) is 2. The minimum absolute atomic E-state index is 0.00789. The molecule has 4 nitrogen and oxygen atoms in total. The van der Waals surface area contributed by atoms with Crippen LogP contribution >= 0.6 is 8.07 Å². The van der Waals surface area contributed by atoms with Gasteiger partial charge in [0.2, 0.25) is 0 Å². The van der Waals surface area contributed by atoms with Crippen LogP contribution in [0.1, 0.15) is 67.3 Å². The molecule has 0 saturated heterocycles. The number of rotatable bonds is 7. The first-order chi connectivity index (χ1) is 31.4. The van der Waals surface area contributed by atoms with Gasteiger partial charge in [-0.25, -0.2) is 4.34 Å². The Morgan fingerprint density at radius 3 is 1.94 bits per heavy atom. The van der Waals surface area contributed by atoms with Crippen molar-refractivity contribution in [1.82, 2.24) is 0 Å². The SMILES string of the molecule is C=Cc1c2ccc(Nc3ccccc3)c1C(=C1CC1)c1c(Nc3ccccc3)ccc3c1P(C1C=CC(C(C)(C)C)=CC(=C1)C3c1ccccc1)[n+]1ccccc1N2c1ccccc1. The summed E-state index contributed by atoms with van der Waals surface area (Å²) in [5.41, 5.74) is 18.1. The number of benzene rings is 6. The quantitative estimate of drug-likeness (QED) is 0.157. The van der Waals surface area contributed by atoms with Gasteiger partial charge < -0.3 is 10.6 Å². The van der Waals surface area contributed by atoms with E-state index in [0.29, 0.717) is 0 Å². The Labute approximate surface area is 379 Å². The maximum atomic E-state index is 4.64. The van der Waals surface area contributed by atoms with Gasteiger partial charge in [-0.3, -0.25) is 0 Å². The maximum absolute atomic E-state index is 4.64. The van der Waals surface area contributed by atoms with Crippen LogP contribution in [-0.4, -0.2) is 5.66 Å². The van der Waals surface area contributed by atoms with E-state index >= 15 is 0 Å². The summed E-state index contributed by atoms with van der Waals surface area (Å²) in [5, 5.41) is 9.37. The van der Waals surface area contributed by atoms with Crippen LogP contribution in [0.4, 0.5) is 39.9 Å². The molecule has 2 N–H and O–H groups in total. The largest absolute Gasteiger partial charge is 0.355 e. The molecule has 64 heavy (non-hydrogen) atoms. The number of aromatic nitrogens is 1. The fourth-order valence-corrected chi connectivity index (χ4v) is 12.7. The van der Waals surface area contributed by atoms with Crippen LogP contribution in [0.15, 0.2) is 218 Å². The molecule has 3 unspecified atom stereocenters. The Hall–Kier alpha value is -7.00. The molecule has 312 valence electrons. The molecule has 3 atom stereocenters. The number of allylic oxidation sites excluding steroid dienone is 7. The highest BCUT2D eigenvalue weighted by molar-refractivity contribution is 7.60. The van der Waals surface area contributed by atoms with Crippen LogP contribution in [-0.2, 0) is 0 Å².